The van der Waals surface area contributed by atoms with Crippen LogP contribution in [0.4, 0.5) is 5.69 Å². The van der Waals surface area contributed by atoms with Crippen molar-refractivity contribution in [3.8, 4) is 0 Å². The minimum absolute atomic E-state index is 0.0849. The highest BCUT2D eigenvalue weighted by Gasteiger charge is 2.22. The second kappa shape index (κ2) is 6.91. The summed E-state index contributed by atoms with van der Waals surface area (Å²) >= 11 is 0. The summed E-state index contributed by atoms with van der Waals surface area (Å²) in [5.74, 6) is 1.39. The maximum Gasteiger partial charge on any atom is 0.129 e. The molecule has 118 valence electrons. The Labute approximate surface area is 129 Å². The molecular formula is C16H21N3O3. The number of hydrogen-bond donors (Lipinski definition) is 2. The summed E-state index contributed by atoms with van der Waals surface area (Å²) in [6.45, 7) is 3.46. The van der Waals surface area contributed by atoms with Crippen LogP contribution in [0.15, 0.2) is 41.1 Å². The predicted molar refractivity (Wildman–Crippen MR) is 82.4 cm³/mol. The Bertz CT molecular complexity index is 587. The first-order valence-corrected chi connectivity index (χ1v) is 7.48. The Kier molecular flexibility index (Phi) is 4.72. The molecule has 1 aliphatic rings. The highest BCUT2D eigenvalue weighted by atomic mass is 16.4. The minimum Gasteiger partial charge on any atom is -0.462 e. The van der Waals surface area contributed by atoms with Crippen molar-refractivity contribution in [1.29, 1.82) is 0 Å². The fourth-order valence-electron chi connectivity index (χ4n) is 2.80. The molecule has 2 N–H and O–H groups in total. The normalized spacial score (nSPS) is 20.1. The van der Waals surface area contributed by atoms with Crippen LogP contribution in [-0.2, 0) is 13.2 Å². The topological polar surface area (TPSA) is 73.0 Å². The third-order valence-electron chi connectivity index (χ3n) is 3.87. The van der Waals surface area contributed by atoms with E-state index in [2.05, 4.69) is 14.8 Å². The standard InChI is InChI=1S/C16H21N3O3/c20-12-16-2-1-15(22-16)11-18-7-8-19(10-14(21)9-18)13-3-5-17-6-4-13/h1-6,14,20-21H,7-12H2. The Morgan fingerprint density at radius 2 is 1.86 bits per heavy atom. The van der Waals surface area contributed by atoms with Crippen LogP contribution in [0.1, 0.15) is 11.5 Å². The number of aliphatic hydroxyl groups is 2. The van der Waals surface area contributed by atoms with E-state index in [1.165, 1.54) is 0 Å². The lowest BCUT2D eigenvalue weighted by molar-refractivity contribution is 0.124. The fourth-order valence-corrected chi connectivity index (χ4v) is 2.80. The van der Waals surface area contributed by atoms with Gasteiger partial charge in [-0.25, -0.2) is 0 Å². The Morgan fingerprint density at radius 1 is 1.09 bits per heavy atom. The summed E-state index contributed by atoms with van der Waals surface area (Å²) in [4.78, 5) is 8.38. The van der Waals surface area contributed by atoms with Gasteiger partial charge in [-0.3, -0.25) is 9.88 Å². The fraction of sp³-hybridized carbons (Fsp3) is 0.438. The molecule has 2 aromatic rings. The first-order chi connectivity index (χ1) is 10.7. The molecule has 0 aliphatic carbocycles. The lowest BCUT2D eigenvalue weighted by Crippen LogP contribution is -2.33. The summed E-state index contributed by atoms with van der Waals surface area (Å²) in [7, 11) is 0. The van der Waals surface area contributed by atoms with Gasteiger partial charge in [0.2, 0.25) is 0 Å². The molecule has 0 spiro atoms. The van der Waals surface area contributed by atoms with Crippen molar-refractivity contribution < 1.29 is 14.6 Å². The van der Waals surface area contributed by atoms with E-state index >= 15 is 0 Å². The highest BCUT2D eigenvalue weighted by molar-refractivity contribution is 5.44. The molecule has 3 heterocycles. The van der Waals surface area contributed by atoms with Gasteiger partial charge < -0.3 is 19.5 Å². The van der Waals surface area contributed by atoms with Gasteiger partial charge in [-0.2, -0.15) is 0 Å². The average molecular weight is 303 g/mol. The molecule has 0 amide bonds. The number of rotatable bonds is 4. The van der Waals surface area contributed by atoms with Crippen molar-refractivity contribution in [3.63, 3.8) is 0 Å². The van der Waals surface area contributed by atoms with Gasteiger partial charge in [0, 0.05) is 44.3 Å². The summed E-state index contributed by atoms with van der Waals surface area (Å²) < 4.78 is 5.53. The largest absolute Gasteiger partial charge is 0.462 e. The molecule has 1 atom stereocenters. The monoisotopic (exact) mass is 303 g/mol. The molecule has 0 radical (unpaired) electrons. The van der Waals surface area contributed by atoms with Crippen LogP contribution in [0.5, 0.6) is 0 Å². The van der Waals surface area contributed by atoms with E-state index in [4.69, 9.17) is 9.52 Å². The minimum atomic E-state index is -0.414. The van der Waals surface area contributed by atoms with Crippen molar-refractivity contribution >= 4 is 5.69 Å². The molecule has 6 heteroatoms. The van der Waals surface area contributed by atoms with E-state index < -0.39 is 6.10 Å². The summed E-state index contributed by atoms with van der Waals surface area (Å²) in [5.41, 5.74) is 1.08. The molecular weight excluding hydrogens is 282 g/mol. The van der Waals surface area contributed by atoms with E-state index in [1.54, 1.807) is 18.5 Å². The Balaban J connectivity index is 1.64. The Morgan fingerprint density at radius 3 is 2.59 bits per heavy atom. The molecule has 1 aliphatic heterocycles. The maximum atomic E-state index is 10.3. The molecule has 2 aromatic heterocycles. The van der Waals surface area contributed by atoms with Crippen LogP contribution >= 0.6 is 0 Å². The van der Waals surface area contributed by atoms with Gasteiger partial charge in [-0.1, -0.05) is 0 Å². The molecule has 1 unspecified atom stereocenters. The van der Waals surface area contributed by atoms with Crippen LogP contribution in [-0.4, -0.2) is 52.4 Å². The van der Waals surface area contributed by atoms with Crippen LogP contribution in [0, 0.1) is 0 Å². The zero-order chi connectivity index (χ0) is 15.4. The van der Waals surface area contributed by atoms with Gasteiger partial charge in [-0.05, 0) is 24.3 Å². The van der Waals surface area contributed by atoms with Gasteiger partial charge in [0.25, 0.3) is 0 Å². The van der Waals surface area contributed by atoms with E-state index in [0.717, 1.165) is 24.5 Å². The highest BCUT2D eigenvalue weighted by Crippen LogP contribution is 2.17. The van der Waals surface area contributed by atoms with E-state index in [-0.39, 0.29) is 6.61 Å². The molecule has 1 saturated heterocycles. The second-order valence-corrected chi connectivity index (χ2v) is 5.57. The van der Waals surface area contributed by atoms with Gasteiger partial charge >= 0.3 is 0 Å². The van der Waals surface area contributed by atoms with E-state index in [0.29, 0.717) is 25.4 Å². The number of nitrogens with zero attached hydrogens (tertiary/aromatic N) is 3. The molecule has 22 heavy (non-hydrogen) atoms. The molecule has 1 fully saturated rings. The molecule has 0 aromatic carbocycles. The number of hydrogen-bond acceptors (Lipinski definition) is 6. The van der Waals surface area contributed by atoms with Crippen LogP contribution < -0.4 is 4.90 Å². The molecule has 3 rings (SSSR count). The van der Waals surface area contributed by atoms with Crippen LogP contribution in [0.2, 0.25) is 0 Å². The van der Waals surface area contributed by atoms with Crippen molar-refractivity contribution in [1.82, 2.24) is 9.88 Å². The number of furan rings is 1. The second-order valence-electron chi connectivity index (χ2n) is 5.57. The van der Waals surface area contributed by atoms with Crippen LogP contribution in [0.3, 0.4) is 0 Å². The Hall–Kier alpha value is -1.89. The zero-order valence-corrected chi connectivity index (χ0v) is 12.4. The number of aliphatic hydroxyl groups excluding tert-OH is 2. The summed E-state index contributed by atoms with van der Waals surface area (Å²) in [6, 6.07) is 7.58. The number of aromatic nitrogens is 1. The SMILES string of the molecule is OCc1ccc(CN2CCN(c3ccncc3)CC(O)C2)o1. The van der Waals surface area contributed by atoms with E-state index in [1.807, 2.05) is 18.2 Å². The van der Waals surface area contributed by atoms with Crippen molar-refractivity contribution in [2.45, 2.75) is 19.3 Å². The first-order valence-electron chi connectivity index (χ1n) is 7.48. The molecule has 6 nitrogen and oxygen atoms in total. The molecule has 0 bridgehead atoms. The third kappa shape index (κ3) is 3.65. The summed E-state index contributed by atoms with van der Waals surface area (Å²) in [5, 5.41) is 19.3. The predicted octanol–water partition coefficient (Wildman–Crippen LogP) is 0.850. The first kappa shape index (κ1) is 15.0. The smallest absolute Gasteiger partial charge is 0.129 e. The van der Waals surface area contributed by atoms with Crippen molar-refractivity contribution in [3.05, 3.63) is 48.2 Å². The molecule has 0 saturated carbocycles. The number of anilines is 1. The van der Waals surface area contributed by atoms with Crippen molar-refractivity contribution in [2.75, 3.05) is 31.1 Å². The third-order valence-corrected chi connectivity index (χ3v) is 3.87. The number of pyridine rings is 1. The van der Waals surface area contributed by atoms with Crippen molar-refractivity contribution in [2.24, 2.45) is 0 Å². The van der Waals surface area contributed by atoms with Gasteiger partial charge in [-0.15, -0.1) is 0 Å². The van der Waals surface area contributed by atoms with Crippen LogP contribution in [0.25, 0.3) is 0 Å². The zero-order valence-electron chi connectivity index (χ0n) is 12.4. The lowest BCUT2D eigenvalue weighted by Gasteiger charge is -2.23. The number of β-amino-alcohol motifs (C(OH)–C–C–N with tert-alkyl or cyclic N) is 1. The van der Waals surface area contributed by atoms with E-state index in [9.17, 15) is 5.11 Å². The summed E-state index contributed by atoms with van der Waals surface area (Å²) in [6.07, 6.45) is 3.12. The maximum absolute atomic E-state index is 10.3. The van der Waals surface area contributed by atoms with Gasteiger partial charge in [0.15, 0.2) is 0 Å². The quantitative estimate of drug-likeness (QED) is 0.872. The lowest BCUT2D eigenvalue weighted by atomic mass is 10.3. The van der Waals surface area contributed by atoms with Gasteiger partial charge in [0.05, 0.1) is 12.6 Å². The average Bonchev–Trinajstić information content (AvgIpc) is 2.91. The van der Waals surface area contributed by atoms with Gasteiger partial charge in [0.1, 0.15) is 18.1 Å².